The van der Waals surface area contributed by atoms with Crippen molar-refractivity contribution in [2.24, 2.45) is 0 Å². The van der Waals surface area contributed by atoms with Gasteiger partial charge >= 0.3 is 0 Å². The minimum absolute atomic E-state index is 0.0447. The predicted octanol–water partition coefficient (Wildman–Crippen LogP) is 3.11. The molecule has 1 aliphatic heterocycles. The Morgan fingerprint density at radius 1 is 1.24 bits per heavy atom. The van der Waals surface area contributed by atoms with Gasteiger partial charge in [0.2, 0.25) is 0 Å². The van der Waals surface area contributed by atoms with E-state index in [0.717, 1.165) is 31.5 Å². The molecule has 1 aliphatic rings. The quantitative estimate of drug-likeness (QED) is 0.920. The van der Waals surface area contributed by atoms with E-state index in [1.807, 2.05) is 23.1 Å². The lowest BCUT2D eigenvalue weighted by atomic mass is 10.1. The molecule has 108 valence electrons. The molecular formula is C17H19N3O. The highest BCUT2D eigenvalue weighted by Gasteiger charge is 2.22. The number of benzene rings is 1. The van der Waals surface area contributed by atoms with Crippen molar-refractivity contribution < 1.29 is 4.79 Å². The lowest BCUT2D eigenvalue weighted by Gasteiger charge is -2.23. The minimum Gasteiger partial charge on any atom is -0.373 e. The number of nitrogens with one attached hydrogen (secondary N) is 1. The maximum Gasteiger partial charge on any atom is 0.258 e. The van der Waals surface area contributed by atoms with Crippen molar-refractivity contribution in [3.8, 4) is 0 Å². The molecule has 0 bridgehead atoms. The van der Waals surface area contributed by atoms with E-state index in [1.54, 1.807) is 25.4 Å². The zero-order chi connectivity index (χ0) is 14.7. The summed E-state index contributed by atoms with van der Waals surface area (Å²) in [5, 5.41) is 2.97. The first-order valence-electron chi connectivity index (χ1n) is 7.33. The lowest BCUT2D eigenvalue weighted by Crippen LogP contribution is -2.31. The van der Waals surface area contributed by atoms with Gasteiger partial charge in [-0.15, -0.1) is 0 Å². The molecule has 0 radical (unpaired) electrons. The number of amides is 1. The number of anilines is 2. The second-order valence-corrected chi connectivity index (χ2v) is 5.22. The fourth-order valence-corrected chi connectivity index (χ4v) is 2.76. The number of hydrogen-bond acceptors (Lipinski definition) is 3. The number of hydrogen-bond donors (Lipinski definition) is 1. The van der Waals surface area contributed by atoms with Crippen molar-refractivity contribution in [1.82, 2.24) is 4.98 Å². The Morgan fingerprint density at radius 2 is 2.10 bits per heavy atom. The van der Waals surface area contributed by atoms with Crippen molar-refractivity contribution in [2.45, 2.75) is 19.3 Å². The van der Waals surface area contributed by atoms with E-state index >= 15 is 0 Å². The molecule has 0 aliphatic carbocycles. The topological polar surface area (TPSA) is 45.2 Å². The van der Waals surface area contributed by atoms with Gasteiger partial charge in [-0.3, -0.25) is 4.79 Å². The molecule has 0 saturated carbocycles. The molecule has 2 heterocycles. The molecule has 4 nitrogen and oxygen atoms in total. The van der Waals surface area contributed by atoms with Crippen molar-refractivity contribution >= 4 is 17.4 Å². The summed E-state index contributed by atoms with van der Waals surface area (Å²) < 4.78 is 0. The summed E-state index contributed by atoms with van der Waals surface area (Å²) in [6, 6.07) is 11.8. The van der Waals surface area contributed by atoms with Gasteiger partial charge in [0.1, 0.15) is 5.82 Å². The Bertz CT molecular complexity index is 654. The van der Waals surface area contributed by atoms with Crippen LogP contribution in [-0.2, 0) is 6.42 Å². The number of nitrogens with zero attached hydrogens (tertiary/aromatic N) is 2. The third kappa shape index (κ3) is 2.75. The molecule has 1 aromatic carbocycles. The third-order valence-electron chi connectivity index (χ3n) is 3.87. The van der Waals surface area contributed by atoms with Crippen LogP contribution >= 0.6 is 0 Å². The average Bonchev–Trinajstić information content (AvgIpc) is 2.76. The van der Waals surface area contributed by atoms with Gasteiger partial charge < -0.3 is 10.2 Å². The van der Waals surface area contributed by atoms with Crippen LogP contribution in [0.25, 0.3) is 0 Å². The van der Waals surface area contributed by atoms with Crippen molar-refractivity contribution in [1.29, 1.82) is 0 Å². The van der Waals surface area contributed by atoms with Crippen LogP contribution in [0.4, 0.5) is 11.5 Å². The number of fused-ring (bicyclic) bond motifs is 1. The Morgan fingerprint density at radius 3 is 2.95 bits per heavy atom. The van der Waals surface area contributed by atoms with Crippen LogP contribution in [0.5, 0.6) is 0 Å². The van der Waals surface area contributed by atoms with Crippen LogP contribution < -0.4 is 10.2 Å². The molecule has 1 N–H and O–H groups in total. The summed E-state index contributed by atoms with van der Waals surface area (Å²) in [5.41, 5.74) is 2.97. The summed E-state index contributed by atoms with van der Waals surface area (Å²) in [6.45, 7) is 0.771. The molecule has 1 amide bonds. The SMILES string of the molecule is CNc1cc(C(=O)N2CCCCc3ccccc32)ccn1. The summed E-state index contributed by atoms with van der Waals surface area (Å²) in [5.74, 6) is 0.757. The van der Waals surface area contributed by atoms with Gasteiger partial charge in [-0.1, -0.05) is 18.2 Å². The van der Waals surface area contributed by atoms with Crippen LogP contribution in [0.1, 0.15) is 28.8 Å². The Balaban J connectivity index is 1.97. The summed E-state index contributed by atoms with van der Waals surface area (Å²) in [7, 11) is 1.80. The molecule has 0 saturated heterocycles. The van der Waals surface area contributed by atoms with Crippen LogP contribution in [0, 0.1) is 0 Å². The van der Waals surface area contributed by atoms with Crippen molar-refractivity contribution in [3.05, 3.63) is 53.7 Å². The van der Waals surface area contributed by atoms with E-state index in [1.165, 1.54) is 5.56 Å². The fraction of sp³-hybridized carbons (Fsp3) is 0.294. The van der Waals surface area contributed by atoms with E-state index in [2.05, 4.69) is 16.4 Å². The molecule has 4 heteroatoms. The van der Waals surface area contributed by atoms with Crippen LogP contribution in [-0.4, -0.2) is 24.5 Å². The third-order valence-corrected chi connectivity index (χ3v) is 3.87. The number of carbonyl (C=O) groups is 1. The first kappa shape index (κ1) is 13.6. The van der Waals surface area contributed by atoms with E-state index in [9.17, 15) is 4.79 Å². The Hall–Kier alpha value is -2.36. The molecule has 0 fully saturated rings. The number of rotatable bonds is 2. The van der Waals surface area contributed by atoms with E-state index in [4.69, 9.17) is 0 Å². The molecule has 0 atom stereocenters. The van der Waals surface area contributed by atoms with Crippen molar-refractivity contribution in [2.75, 3.05) is 23.8 Å². The number of pyridine rings is 1. The van der Waals surface area contributed by atoms with Gasteiger partial charge in [0.15, 0.2) is 0 Å². The first-order valence-corrected chi connectivity index (χ1v) is 7.33. The molecule has 0 spiro atoms. The lowest BCUT2D eigenvalue weighted by molar-refractivity contribution is 0.0987. The van der Waals surface area contributed by atoms with Gasteiger partial charge in [0, 0.05) is 31.0 Å². The highest BCUT2D eigenvalue weighted by atomic mass is 16.2. The summed E-state index contributed by atoms with van der Waals surface area (Å²) in [6.07, 6.45) is 4.87. The molecule has 0 unspecified atom stereocenters. The second-order valence-electron chi connectivity index (χ2n) is 5.22. The van der Waals surface area contributed by atoms with Crippen LogP contribution in [0.3, 0.4) is 0 Å². The fourth-order valence-electron chi connectivity index (χ4n) is 2.76. The second kappa shape index (κ2) is 5.95. The average molecular weight is 281 g/mol. The monoisotopic (exact) mass is 281 g/mol. The highest BCUT2D eigenvalue weighted by molar-refractivity contribution is 6.06. The van der Waals surface area contributed by atoms with Gasteiger partial charge in [-0.2, -0.15) is 0 Å². The smallest absolute Gasteiger partial charge is 0.258 e. The van der Waals surface area contributed by atoms with E-state index in [0.29, 0.717) is 11.4 Å². The standard InChI is InChI=1S/C17H19N3O/c1-18-16-12-14(9-10-19-16)17(21)20-11-5-4-7-13-6-2-3-8-15(13)20/h2-3,6,8-10,12H,4-5,7,11H2,1H3,(H,18,19). The normalized spacial score (nSPS) is 14.2. The van der Waals surface area contributed by atoms with E-state index < -0.39 is 0 Å². The number of aromatic nitrogens is 1. The van der Waals surface area contributed by atoms with E-state index in [-0.39, 0.29) is 5.91 Å². The largest absolute Gasteiger partial charge is 0.373 e. The summed E-state index contributed by atoms with van der Waals surface area (Å²) in [4.78, 5) is 18.9. The number of para-hydroxylation sites is 1. The van der Waals surface area contributed by atoms with Crippen LogP contribution in [0.2, 0.25) is 0 Å². The molecule has 21 heavy (non-hydrogen) atoms. The maximum atomic E-state index is 12.9. The van der Waals surface area contributed by atoms with Crippen molar-refractivity contribution in [3.63, 3.8) is 0 Å². The Labute approximate surface area is 124 Å². The number of aryl methyl sites for hydroxylation is 1. The molecular weight excluding hydrogens is 262 g/mol. The predicted molar refractivity (Wildman–Crippen MR) is 84.8 cm³/mol. The van der Waals surface area contributed by atoms with Gasteiger partial charge in [0.05, 0.1) is 0 Å². The first-order chi connectivity index (χ1) is 10.3. The summed E-state index contributed by atoms with van der Waals surface area (Å²) >= 11 is 0. The maximum absolute atomic E-state index is 12.9. The molecule has 2 aromatic rings. The number of carbonyl (C=O) groups excluding carboxylic acids is 1. The van der Waals surface area contributed by atoms with Gasteiger partial charge in [0.25, 0.3) is 5.91 Å². The van der Waals surface area contributed by atoms with Crippen LogP contribution in [0.15, 0.2) is 42.6 Å². The Kier molecular flexibility index (Phi) is 3.86. The highest BCUT2D eigenvalue weighted by Crippen LogP contribution is 2.27. The zero-order valence-corrected chi connectivity index (χ0v) is 12.2. The minimum atomic E-state index is 0.0447. The molecule has 1 aromatic heterocycles. The van der Waals surface area contributed by atoms with Gasteiger partial charge in [-0.05, 0) is 43.0 Å². The van der Waals surface area contributed by atoms with Gasteiger partial charge in [-0.25, -0.2) is 4.98 Å². The molecule has 3 rings (SSSR count). The zero-order valence-electron chi connectivity index (χ0n) is 12.2.